The maximum Gasteiger partial charge on any atom is 0.416 e. The Hall–Kier alpha value is -3.67. The minimum absolute atomic E-state index is 0.0519. The smallest absolute Gasteiger partial charge is 0.416 e. The van der Waals surface area contributed by atoms with Gasteiger partial charge in [-0.15, -0.1) is 0 Å². The number of rotatable bonds is 9. The number of halogens is 4. The van der Waals surface area contributed by atoms with Gasteiger partial charge >= 0.3 is 18.1 Å². The van der Waals surface area contributed by atoms with Gasteiger partial charge in [-0.3, -0.25) is 19.7 Å². The molecule has 13 heteroatoms. The van der Waals surface area contributed by atoms with Crippen LogP contribution < -0.4 is 4.74 Å². The topological polar surface area (TPSA) is 122 Å². The first-order valence-corrected chi connectivity index (χ1v) is 9.83. The number of alkyl halides is 3. The van der Waals surface area contributed by atoms with E-state index in [0.717, 1.165) is 24.3 Å². The Balaban J connectivity index is 2.19. The summed E-state index contributed by atoms with van der Waals surface area (Å²) >= 11 is 5.85. The minimum Gasteiger partial charge on any atom is -0.456 e. The summed E-state index contributed by atoms with van der Waals surface area (Å²) in [6, 6.07) is 5.70. The van der Waals surface area contributed by atoms with Crippen molar-refractivity contribution >= 4 is 35.0 Å². The summed E-state index contributed by atoms with van der Waals surface area (Å²) in [5, 5.41) is 11.0. The fourth-order valence-corrected chi connectivity index (χ4v) is 2.78. The summed E-state index contributed by atoms with van der Waals surface area (Å²) in [6.07, 6.45) is -6.63. The van der Waals surface area contributed by atoms with Crippen molar-refractivity contribution in [2.45, 2.75) is 32.5 Å². The lowest BCUT2D eigenvalue weighted by molar-refractivity contribution is -0.385. The Kier molecular flexibility index (Phi) is 8.57. The molecule has 2 aromatic rings. The van der Waals surface area contributed by atoms with E-state index in [1.165, 1.54) is 19.9 Å². The van der Waals surface area contributed by atoms with E-state index in [2.05, 4.69) is 4.74 Å². The van der Waals surface area contributed by atoms with Crippen LogP contribution >= 0.6 is 11.6 Å². The summed E-state index contributed by atoms with van der Waals surface area (Å²) in [5.41, 5.74) is -1.61. The third-order valence-electron chi connectivity index (χ3n) is 4.13. The van der Waals surface area contributed by atoms with Crippen LogP contribution in [0.5, 0.6) is 11.5 Å². The van der Waals surface area contributed by atoms with Crippen molar-refractivity contribution < 1.29 is 46.7 Å². The lowest BCUT2D eigenvalue weighted by Crippen LogP contribution is -2.28. The highest BCUT2D eigenvalue weighted by molar-refractivity contribution is 6.32. The summed E-state index contributed by atoms with van der Waals surface area (Å²) in [4.78, 5) is 45.3. The molecule has 0 aliphatic heterocycles. The number of ether oxygens (including phenoxy) is 3. The quantitative estimate of drug-likeness (QED) is 0.275. The fraction of sp³-hybridized carbons (Fsp3) is 0.286. The highest BCUT2D eigenvalue weighted by atomic mass is 35.5. The summed E-state index contributed by atoms with van der Waals surface area (Å²) < 4.78 is 53.3. The molecule has 34 heavy (non-hydrogen) atoms. The zero-order chi connectivity index (χ0) is 25.6. The van der Waals surface area contributed by atoms with E-state index in [4.69, 9.17) is 21.1 Å². The van der Waals surface area contributed by atoms with Gasteiger partial charge in [0, 0.05) is 11.6 Å². The van der Waals surface area contributed by atoms with Crippen LogP contribution in [0.2, 0.25) is 5.02 Å². The lowest BCUT2D eigenvalue weighted by Gasteiger charge is -2.13. The van der Waals surface area contributed by atoms with Crippen molar-refractivity contribution in [1.82, 2.24) is 0 Å². The summed E-state index contributed by atoms with van der Waals surface area (Å²) in [6.45, 7) is 1.88. The zero-order valence-electron chi connectivity index (χ0n) is 17.7. The van der Waals surface area contributed by atoms with E-state index in [-0.39, 0.29) is 22.1 Å². The molecule has 1 unspecified atom stereocenters. The van der Waals surface area contributed by atoms with Gasteiger partial charge in [0.1, 0.15) is 18.1 Å². The van der Waals surface area contributed by atoms with Crippen molar-refractivity contribution in [3.63, 3.8) is 0 Å². The monoisotopic (exact) mass is 503 g/mol. The Labute approximate surface area is 195 Å². The molecule has 0 bridgehead atoms. The normalized spacial score (nSPS) is 11.9. The van der Waals surface area contributed by atoms with Crippen LogP contribution in [0.15, 0.2) is 36.4 Å². The number of esters is 2. The van der Waals surface area contributed by atoms with E-state index < -0.39 is 59.2 Å². The molecule has 9 nitrogen and oxygen atoms in total. The Morgan fingerprint density at radius 1 is 1.15 bits per heavy atom. The Morgan fingerprint density at radius 2 is 1.82 bits per heavy atom. The van der Waals surface area contributed by atoms with Crippen molar-refractivity contribution in [2.75, 3.05) is 6.61 Å². The van der Waals surface area contributed by atoms with Gasteiger partial charge in [-0.25, -0.2) is 4.79 Å². The molecule has 0 aromatic heterocycles. The second-order valence-corrected chi connectivity index (χ2v) is 7.32. The van der Waals surface area contributed by atoms with Crippen LogP contribution in [0.1, 0.15) is 25.0 Å². The van der Waals surface area contributed by atoms with Crippen LogP contribution in [-0.4, -0.2) is 35.4 Å². The van der Waals surface area contributed by atoms with Crippen LogP contribution in [0.4, 0.5) is 18.9 Å². The molecular formula is C21H17ClF3NO8. The minimum atomic E-state index is -4.61. The van der Waals surface area contributed by atoms with Gasteiger partial charge in [-0.1, -0.05) is 11.6 Å². The largest absolute Gasteiger partial charge is 0.456 e. The molecular weight excluding hydrogens is 487 g/mol. The molecule has 0 heterocycles. The Bertz CT molecular complexity index is 1120. The van der Waals surface area contributed by atoms with E-state index in [9.17, 15) is 37.7 Å². The van der Waals surface area contributed by atoms with Crippen LogP contribution in [0.25, 0.3) is 0 Å². The highest BCUT2D eigenvalue weighted by Crippen LogP contribution is 2.37. The van der Waals surface area contributed by atoms with Gasteiger partial charge in [0.2, 0.25) is 0 Å². The summed E-state index contributed by atoms with van der Waals surface area (Å²) in [5.74, 6) is -2.62. The van der Waals surface area contributed by atoms with Crippen molar-refractivity contribution in [2.24, 2.45) is 0 Å². The summed E-state index contributed by atoms with van der Waals surface area (Å²) in [7, 11) is 0. The number of carbonyl (C=O) groups excluding carboxylic acids is 3. The lowest BCUT2D eigenvalue weighted by atomic mass is 10.1. The molecule has 0 amide bonds. The van der Waals surface area contributed by atoms with Gasteiger partial charge in [0.05, 0.1) is 21.9 Å². The Morgan fingerprint density at radius 3 is 2.38 bits per heavy atom. The van der Waals surface area contributed by atoms with Gasteiger partial charge in [0.25, 0.3) is 5.69 Å². The number of nitrogens with zero attached hydrogens (tertiary/aromatic N) is 1. The first kappa shape index (κ1) is 26.6. The number of carbonyl (C=O) groups is 3. The molecule has 1 atom stereocenters. The maximum atomic E-state index is 12.8. The standard InChI is InChI=1S/C21H17ClF3NO8/c1-11(27)10-32-20(29)12(2)33-19(28)8-13-7-15(4-5-17(13)26(30)31)34-18-6-3-14(9-16(18)22)21(23,24)25/h3-7,9,12H,8,10H2,1-2H3. The predicted octanol–water partition coefficient (Wildman–Crippen LogP) is 4.67. The number of hydrogen-bond donors (Lipinski definition) is 0. The molecule has 2 aromatic carbocycles. The van der Waals surface area contributed by atoms with Crippen molar-refractivity contribution in [1.29, 1.82) is 0 Å². The predicted molar refractivity (Wildman–Crippen MR) is 111 cm³/mol. The molecule has 0 saturated heterocycles. The molecule has 182 valence electrons. The maximum absolute atomic E-state index is 12.8. The van der Waals surface area contributed by atoms with E-state index in [0.29, 0.717) is 6.07 Å². The number of benzene rings is 2. The van der Waals surface area contributed by atoms with Gasteiger partial charge in [0.15, 0.2) is 11.9 Å². The van der Waals surface area contributed by atoms with E-state index in [1.807, 2.05) is 0 Å². The van der Waals surface area contributed by atoms with Crippen molar-refractivity contribution in [3.05, 3.63) is 62.7 Å². The van der Waals surface area contributed by atoms with Crippen molar-refractivity contribution in [3.8, 4) is 11.5 Å². The molecule has 0 spiro atoms. The molecule has 0 fully saturated rings. The third kappa shape index (κ3) is 7.44. The number of nitro groups is 1. The second kappa shape index (κ2) is 11.0. The highest BCUT2D eigenvalue weighted by Gasteiger charge is 2.31. The van der Waals surface area contributed by atoms with Gasteiger partial charge in [-0.05, 0) is 44.2 Å². The molecule has 0 radical (unpaired) electrons. The number of ketones is 1. The molecule has 0 saturated carbocycles. The van der Waals surface area contributed by atoms with Crippen LogP contribution in [0, 0.1) is 10.1 Å². The zero-order valence-corrected chi connectivity index (χ0v) is 18.4. The fourth-order valence-electron chi connectivity index (χ4n) is 2.56. The first-order chi connectivity index (χ1) is 15.8. The first-order valence-electron chi connectivity index (χ1n) is 9.45. The molecule has 0 aliphatic rings. The number of Topliss-reactive ketones (excluding diaryl/α,β-unsaturated/α-hetero) is 1. The molecule has 0 N–H and O–H groups in total. The van der Waals surface area contributed by atoms with Crippen LogP contribution in [0.3, 0.4) is 0 Å². The average molecular weight is 504 g/mol. The van der Waals surface area contributed by atoms with E-state index >= 15 is 0 Å². The van der Waals surface area contributed by atoms with Crippen LogP contribution in [-0.2, 0) is 36.5 Å². The van der Waals surface area contributed by atoms with Gasteiger partial charge < -0.3 is 14.2 Å². The second-order valence-electron chi connectivity index (χ2n) is 6.91. The molecule has 0 aliphatic carbocycles. The third-order valence-corrected chi connectivity index (χ3v) is 4.42. The van der Waals surface area contributed by atoms with Gasteiger partial charge in [-0.2, -0.15) is 13.2 Å². The number of nitro benzene ring substituents is 1. The van der Waals surface area contributed by atoms with E-state index in [1.54, 1.807) is 0 Å². The number of hydrogen-bond acceptors (Lipinski definition) is 8. The molecule has 2 rings (SSSR count). The average Bonchev–Trinajstić information content (AvgIpc) is 2.72. The SMILES string of the molecule is CC(=O)COC(=O)C(C)OC(=O)Cc1cc(Oc2ccc(C(F)(F)F)cc2Cl)ccc1[N+](=O)[O-].